The van der Waals surface area contributed by atoms with Gasteiger partial charge in [-0.25, -0.2) is 0 Å². The highest BCUT2D eigenvalue weighted by Crippen LogP contribution is 2.11. The normalized spacial score (nSPS) is 21.9. The molecular formula is C20H42IN5O2. The molecule has 0 saturated carbocycles. The van der Waals surface area contributed by atoms with E-state index < -0.39 is 0 Å². The molecule has 2 aliphatic heterocycles. The average Bonchev–Trinajstić information content (AvgIpc) is 3.10. The maximum Gasteiger partial charge on any atom is 0.191 e. The highest BCUT2D eigenvalue weighted by molar-refractivity contribution is 14.0. The zero-order valence-electron chi connectivity index (χ0n) is 18.0. The van der Waals surface area contributed by atoms with Crippen LogP contribution in [0.15, 0.2) is 4.99 Å². The van der Waals surface area contributed by atoms with Crippen molar-refractivity contribution in [1.29, 1.82) is 0 Å². The molecule has 2 fully saturated rings. The SMILES string of the molecule is CCNC(=NCCCOCC1CCCO1)NCCCN1CCCN(C)CC1.I. The molecule has 0 spiro atoms. The summed E-state index contributed by atoms with van der Waals surface area (Å²) in [5.74, 6) is 0.923. The Morgan fingerprint density at radius 3 is 2.82 bits per heavy atom. The number of ether oxygens (including phenoxy) is 2. The first kappa shape index (κ1) is 25.9. The molecule has 8 heteroatoms. The predicted octanol–water partition coefficient (Wildman–Crippen LogP) is 1.77. The molecule has 0 aliphatic carbocycles. The minimum Gasteiger partial charge on any atom is -0.379 e. The fourth-order valence-electron chi connectivity index (χ4n) is 3.52. The van der Waals surface area contributed by atoms with E-state index in [2.05, 4.69) is 39.4 Å². The van der Waals surface area contributed by atoms with Crippen molar-refractivity contribution in [2.24, 2.45) is 4.99 Å². The summed E-state index contributed by atoms with van der Waals surface area (Å²) in [4.78, 5) is 9.67. The topological polar surface area (TPSA) is 61.4 Å². The molecule has 0 aromatic heterocycles. The number of hydrogen-bond acceptors (Lipinski definition) is 5. The summed E-state index contributed by atoms with van der Waals surface area (Å²) in [6.07, 6.45) is 6.01. The standard InChI is InChI=1S/C20H41N5O2.HI/c1-3-21-20(23-10-6-16-26-18-19-8-4-17-27-19)22-9-5-12-25-13-7-11-24(2)14-15-25;/h19H,3-18H2,1-2H3,(H2,21,22,23);1H. The van der Waals surface area contributed by atoms with Gasteiger partial charge in [0, 0.05) is 45.9 Å². The highest BCUT2D eigenvalue weighted by atomic mass is 127. The zero-order valence-corrected chi connectivity index (χ0v) is 20.3. The molecule has 0 radical (unpaired) electrons. The van der Waals surface area contributed by atoms with Crippen molar-refractivity contribution in [2.75, 3.05) is 79.2 Å². The third kappa shape index (κ3) is 11.7. The second-order valence-corrected chi connectivity index (χ2v) is 7.60. The fraction of sp³-hybridized carbons (Fsp3) is 0.950. The summed E-state index contributed by atoms with van der Waals surface area (Å²) < 4.78 is 11.3. The molecule has 7 nitrogen and oxygen atoms in total. The Morgan fingerprint density at radius 1 is 1.14 bits per heavy atom. The number of hydrogen-bond donors (Lipinski definition) is 2. The molecule has 2 saturated heterocycles. The van der Waals surface area contributed by atoms with Crippen molar-refractivity contribution < 1.29 is 9.47 Å². The molecule has 2 rings (SSSR count). The van der Waals surface area contributed by atoms with Crippen LogP contribution in [-0.2, 0) is 9.47 Å². The van der Waals surface area contributed by atoms with E-state index >= 15 is 0 Å². The summed E-state index contributed by atoms with van der Waals surface area (Å²) in [5.41, 5.74) is 0. The molecule has 1 unspecified atom stereocenters. The largest absolute Gasteiger partial charge is 0.379 e. The van der Waals surface area contributed by atoms with Crippen molar-refractivity contribution in [3.05, 3.63) is 0 Å². The lowest BCUT2D eigenvalue weighted by Gasteiger charge is -2.20. The first-order valence-electron chi connectivity index (χ1n) is 10.9. The molecular weight excluding hydrogens is 469 g/mol. The summed E-state index contributed by atoms with van der Waals surface area (Å²) in [6.45, 7) is 13.1. The van der Waals surface area contributed by atoms with E-state index in [4.69, 9.17) is 9.47 Å². The van der Waals surface area contributed by atoms with Gasteiger partial charge in [-0.15, -0.1) is 24.0 Å². The maximum absolute atomic E-state index is 5.70. The molecule has 1 atom stereocenters. The Hall–Kier alpha value is -0.160. The third-order valence-corrected chi connectivity index (χ3v) is 5.14. The van der Waals surface area contributed by atoms with Gasteiger partial charge in [0.15, 0.2) is 5.96 Å². The van der Waals surface area contributed by atoms with Crippen LogP contribution in [-0.4, -0.2) is 101 Å². The van der Waals surface area contributed by atoms with Crippen LogP contribution < -0.4 is 10.6 Å². The van der Waals surface area contributed by atoms with Gasteiger partial charge in [0.05, 0.1) is 12.7 Å². The quantitative estimate of drug-likeness (QED) is 0.191. The Morgan fingerprint density at radius 2 is 2.04 bits per heavy atom. The van der Waals surface area contributed by atoms with Gasteiger partial charge in [-0.3, -0.25) is 4.99 Å². The predicted molar refractivity (Wildman–Crippen MR) is 127 cm³/mol. The van der Waals surface area contributed by atoms with E-state index in [1.165, 1.54) is 39.0 Å². The Labute approximate surface area is 189 Å². The van der Waals surface area contributed by atoms with Gasteiger partial charge >= 0.3 is 0 Å². The number of nitrogens with zero attached hydrogens (tertiary/aromatic N) is 3. The van der Waals surface area contributed by atoms with E-state index in [-0.39, 0.29) is 24.0 Å². The number of aliphatic imine (C=N–C) groups is 1. The number of nitrogens with one attached hydrogen (secondary N) is 2. The third-order valence-electron chi connectivity index (χ3n) is 5.14. The highest BCUT2D eigenvalue weighted by Gasteiger charge is 2.15. The van der Waals surface area contributed by atoms with Crippen LogP contribution in [0.3, 0.4) is 0 Å². The minimum atomic E-state index is 0. The molecule has 0 aromatic rings. The molecule has 2 aliphatic rings. The van der Waals surface area contributed by atoms with Crippen LogP contribution in [0.25, 0.3) is 0 Å². The van der Waals surface area contributed by atoms with Gasteiger partial charge in [-0.2, -0.15) is 0 Å². The molecule has 0 amide bonds. The van der Waals surface area contributed by atoms with E-state index in [0.29, 0.717) is 6.10 Å². The van der Waals surface area contributed by atoms with Gasteiger partial charge in [0.25, 0.3) is 0 Å². The monoisotopic (exact) mass is 511 g/mol. The first-order chi connectivity index (χ1) is 13.3. The zero-order chi connectivity index (χ0) is 19.2. The molecule has 166 valence electrons. The summed E-state index contributed by atoms with van der Waals surface area (Å²) in [6, 6.07) is 0. The average molecular weight is 511 g/mol. The lowest BCUT2D eigenvalue weighted by atomic mass is 10.2. The Kier molecular flexibility index (Phi) is 15.4. The second kappa shape index (κ2) is 16.6. The van der Waals surface area contributed by atoms with Crippen molar-refractivity contribution in [2.45, 2.75) is 45.1 Å². The van der Waals surface area contributed by atoms with E-state index in [1.54, 1.807) is 0 Å². The van der Waals surface area contributed by atoms with E-state index in [0.717, 1.165) is 71.2 Å². The van der Waals surface area contributed by atoms with Crippen molar-refractivity contribution in [3.8, 4) is 0 Å². The van der Waals surface area contributed by atoms with Crippen molar-refractivity contribution >= 4 is 29.9 Å². The minimum absolute atomic E-state index is 0. The van der Waals surface area contributed by atoms with Crippen molar-refractivity contribution in [1.82, 2.24) is 20.4 Å². The first-order valence-corrected chi connectivity index (χ1v) is 10.9. The lowest BCUT2D eigenvalue weighted by Crippen LogP contribution is -2.39. The summed E-state index contributed by atoms with van der Waals surface area (Å²) in [7, 11) is 2.22. The van der Waals surface area contributed by atoms with E-state index in [1.807, 2.05) is 0 Å². The van der Waals surface area contributed by atoms with Gasteiger partial charge < -0.3 is 29.9 Å². The van der Waals surface area contributed by atoms with Gasteiger partial charge in [0.1, 0.15) is 0 Å². The number of rotatable bonds is 11. The van der Waals surface area contributed by atoms with Crippen molar-refractivity contribution in [3.63, 3.8) is 0 Å². The molecule has 2 heterocycles. The number of likely N-dealkylation sites (N-methyl/N-ethyl adjacent to an activating group) is 1. The van der Waals surface area contributed by atoms with Gasteiger partial charge in [-0.05, 0) is 65.7 Å². The number of guanidine groups is 1. The van der Waals surface area contributed by atoms with Gasteiger partial charge in [0.2, 0.25) is 0 Å². The second-order valence-electron chi connectivity index (χ2n) is 7.60. The Bertz CT molecular complexity index is 408. The lowest BCUT2D eigenvalue weighted by molar-refractivity contribution is 0.0171. The van der Waals surface area contributed by atoms with E-state index in [9.17, 15) is 0 Å². The number of halogens is 1. The van der Waals surface area contributed by atoms with Gasteiger partial charge in [-0.1, -0.05) is 0 Å². The Balaban J connectivity index is 0.00000392. The fourth-order valence-corrected chi connectivity index (χ4v) is 3.52. The molecule has 28 heavy (non-hydrogen) atoms. The molecule has 2 N–H and O–H groups in total. The maximum atomic E-state index is 5.70. The van der Waals surface area contributed by atoms with Crippen LogP contribution in [0.4, 0.5) is 0 Å². The van der Waals surface area contributed by atoms with Crippen LogP contribution in [0.2, 0.25) is 0 Å². The summed E-state index contributed by atoms with van der Waals surface area (Å²) >= 11 is 0. The van der Waals surface area contributed by atoms with Crippen LogP contribution in [0.5, 0.6) is 0 Å². The summed E-state index contributed by atoms with van der Waals surface area (Å²) in [5, 5.41) is 6.79. The van der Waals surface area contributed by atoms with Crippen LogP contribution in [0.1, 0.15) is 39.0 Å². The smallest absolute Gasteiger partial charge is 0.191 e. The van der Waals surface area contributed by atoms with Crippen LogP contribution in [0, 0.1) is 0 Å². The molecule has 0 bridgehead atoms. The van der Waals surface area contributed by atoms with Crippen LogP contribution >= 0.6 is 24.0 Å². The molecule has 0 aromatic carbocycles.